The minimum atomic E-state index is -1.19. The van der Waals surface area contributed by atoms with Crippen LogP contribution in [0.25, 0.3) is 0 Å². The zero-order valence-electron chi connectivity index (χ0n) is 8.38. The number of hydrogen-bond acceptors (Lipinski definition) is 3. The van der Waals surface area contributed by atoms with Gasteiger partial charge in [0.25, 0.3) is 0 Å². The van der Waals surface area contributed by atoms with Crippen LogP contribution in [0.4, 0.5) is 5.69 Å². The molecule has 16 heavy (non-hydrogen) atoms. The number of para-hydroxylation sites is 1. The lowest BCUT2D eigenvalue weighted by Gasteiger charge is -2.06. The number of carboxylic acids is 1. The molecular formula is C11H11NO4. The van der Waals surface area contributed by atoms with E-state index in [1.54, 1.807) is 24.3 Å². The molecule has 0 fully saturated rings. The molecule has 1 aromatic carbocycles. The number of benzene rings is 1. The number of nitrogens with one attached hydrogen (secondary N) is 1. The van der Waals surface area contributed by atoms with Crippen LogP contribution < -0.4 is 5.32 Å². The van der Waals surface area contributed by atoms with Crippen LogP contribution in [0.5, 0.6) is 0 Å². The smallest absolute Gasteiger partial charge is 0.328 e. The van der Waals surface area contributed by atoms with Gasteiger partial charge in [0.1, 0.15) is 0 Å². The van der Waals surface area contributed by atoms with Crippen molar-refractivity contribution in [2.45, 2.75) is 6.61 Å². The molecule has 5 nitrogen and oxygen atoms in total. The summed E-state index contributed by atoms with van der Waals surface area (Å²) in [5.74, 6) is -1.74. The van der Waals surface area contributed by atoms with Crippen molar-refractivity contribution in [1.82, 2.24) is 0 Å². The maximum Gasteiger partial charge on any atom is 0.328 e. The molecule has 0 saturated heterocycles. The van der Waals surface area contributed by atoms with Gasteiger partial charge in [-0.2, -0.15) is 0 Å². The number of anilines is 1. The second-order valence-electron chi connectivity index (χ2n) is 2.98. The van der Waals surface area contributed by atoms with Gasteiger partial charge in [0.2, 0.25) is 5.91 Å². The Hall–Kier alpha value is -2.14. The molecule has 0 aromatic heterocycles. The van der Waals surface area contributed by atoms with Gasteiger partial charge in [-0.1, -0.05) is 18.2 Å². The lowest BCUT2D eigenvalue weighted by Crippen LogP contribution is -2.10. The van der Waals surface area contributed by atoms with Gasteiger partial charge < -0.3 is 15.5 Å². The van der Waals surface area contributed by atoms with E-state index in [-0.39, 0.29) is 6.61 Å². The molecule has 0 atom stereocenters. The van der Waals surface area contributed by atoms with Crippen molar-refractivity contribution >= 4 is 17.6 Å². The largest absolute Gasteiger partial charge is 0.478 e. The van der Waals surface area contributed by atoms with Crippen molar-refractivity contribution in [2.75, 3.05) is 5.32 Å². The van der Waals surface area contributed by atoms with E-state index in [4.69, 9.17) is 10.2 Å². The number of carboxylic acid groups (broad SMARTS) is 1. The van der Waals surface area contributed by atoms with Gasteiger partial charge in [-0.05, 0) is 6.07 Å². The molecule has 0 aliphatic rings. The first-order valence-corrected chi connectivity index (χ1v) is 4.54. The van der Waals surface area contributed by atoms with Gasteiger partial charge in [0, 0.05) is 23.4 Å². The van der Waals surface area contributed by atoms with Gasteiger partial charge in [0.15, 0.2) is 0 Å². The normalized spacial score (nSPS) is 10.3. The highest BCUT2D eigenvalue weighted by Crippen LogP contribution is 2.14. The third-order valence-electron chi connectivity index (χ3n) is 1.82. The molecule has 1 rings (SSSR count). The Balaban J connectivity index is 2.73. The van der Waals surface area contributed by atoms with E-state index >= 15 is 0 Å². The molecule has 0 heterocycles. The number of carbonyl (C=O) groups is 2. The highest BCUT2D eigenvalue weighted by Gasteiger charge is 2.03. The van der Waals surface area contributed by atoms with Crippen LogP contribution in [0.2, 0.25) is 0 Å². The van der Waals surface area contributed by atoms with Crippen molar-refractivity contribution in [1.29, 1.82) is 0 Å². The van der Waals surface area contributed by atoms with E-state index in [1.165, 1.54) is 0 Å². The van der Waals surface area contributed by atoms with Crippen LogP contribution in [0, 0.1) is 0 Å². The number of carbonyl (C=O) groups excluding carboxylic acids is 1. The third-order valence-corrected chi connectivity index (χ3v) is 1.82. The van der Waals surface area contributed by atoms with Gasteiger partial charge in [-0.15, -0.1) is 0 Å². The maximum atomic E-state index is 11.2. The molecule has 0 aliphatic heterocycles. The highest BCUT2D eigenvalue weighted by atomic mass is 16.4. The van der Waals surface area contributed by atoms with Crippen LogP contribution in [-0.4, -0.2) is 22.1 Å². The first-order valence-electron chi connectivity index (χ1n) is 4.54. The van der Waals surface area contributed by atoms with Gasteiger partial charge in [-0.25, -0.2) is 4.79 Å². The highest BCUT2D eigenvalue weighted by molar-refractivity contribution is 6.02. The third kappa shape index (κ3) is 3.55. The van der Waals surface area contributed by atoms with Gasteiger partial charge >= 0.3 is 5.97 Å². The Morgan fingerprint density at radius 3 is 2.56 bits per heavy atom. The summed E-state index contributed by atoms with van der Waals surface area (Å²) in [6.45, 7) is -0.195. The second kappa shape index (κ2) is 5.67. The monoisotopic (exact) mass is 221 g/mol. The van der Waals surface area contributed by atoms with Crippen molar-refractivity contribution in [3.8, 4) is 0 Å². The molecular weight excluding hydrogens is 210 g/mol. The Morgan fingerprint density at radius 2 is 1.94 bits per heavy atom. The molecule has 0 bridgehead atoms. The van der Waals surface area contributed by atoms with E-state index < -0.39 is 11.9 Å². The summed E-state index contributed by atoms with van der Waals surface area (Å²) in [5.41, 5.74) is 1.03. The van der Waals surface area contributed by atoms with E-state index in [2.05, 4.69) is 5.32 Å². The van der Waals surface area contributed by atoms with Crippen LogP contribution in [0.3, 0.4) is 0 Å². The average Bonchev–Trinajstić information content (AvgIpc) is 2.27. The standard InChI is InChI=1S/C11H11NO4/c13-7-8-3-1-2-4-9(8)12-10(14)5-6-11(15)16/h1-6,13H,7H2,(H,12,14)(H,15,16)/b6-5+. The molecule has 1 aromatic rings. The van der Waals surface area contributed by atoms with E-state index in [0.717, 1.165) is 12.2 Å². The maximum absolute atomic E-state index is 11.2. The lowest BCUT2D eigenvalue weighted by molar-refractivity contribution is -0.131. The summed E-state index contributed by atoms with van der Waals surface area (Å²) >= 11 is 0. The summed E-state index contributed by atoms with van der Waals surface area (Å²) in [6, 6.07) is 6.72. The number of hydrogen-bond donors (Lipinski definition) is 3. The fourth-order valence-electron chi connectivity index (χ4n) is 1.10. The predicted molar refractivity (Wildman–Crippen MR) is 57.8 cm³/mol. The fraction of sp³-hybridized carbons (Fsp3) is 0.0909. The van der Waals surface area contributed by atoms with E-state index in [9.17, 15) is 9.59 Å². The first kappa shape index (κ1) is 11.9. The van der Waals surface area contributed by atoms with Crippen LogP contribution >= 0.6 is 0 Å². The predicted octanol–water partition coefficient (Wildman–Crippen LogP) is 0.758. The topological polar surface area (TPSA) is 86.6 Å². The molecule has 1 amide bonds. The van der Waals surface area contributed by atoms with Crippen molar-refractivity contribution < 1.29 is 19.8 Å². The molecule has 5 heteroatoms. The summed E-state index contributed by atoms with van der Waals surface area (Å²) in [7, 11) is 0. The zero-order valence-corrected chi connectivity index (χ0v) is 8.38. The lowest BCUT2D eigenvalue weighted by atomic mass is 10.2. The quantitative estimate of drug-likeness (QED) is 0.655. The first-order chi connectivity index (χ1) is 7.63. The number of aliphatic hydroxyl groups excluding tert-OH is 1. The molecule has 84 valence electrons. The second-order valence-corrected chi connectivity index (χ2v) is 2.98. The van der Waals surface area contributed by atoms with Crippen molar-refractivity contribution in [3.63, 3.8) is 0 Å². The van der Waals surface area contributed by atoms with E-state index in [1.807, 2.05) is 0 Å². The van der Waals surface area contributed by atoms with Crippen LogP contribution in [0.15, 0.2) is 36.4 Å². The number of amides is 1. The Kier molecular flexibility index (Phi) is 4.23. The molecule has 0 radical (unpaired) electrons. The Labute approximate surface area is 92.0 Å². The number of aliphatic hydroxyl groups is 1. The molecule has 0 unspecified atom stereocenters. The van der Waals surface area contributed by atoms with Crippen molar-refractivity contribution in [3.05, 3.63) is 42.0 Å². The van der Waals surface area contributed by atoms with Gasteiger partial charge in [0.05, 0.1) is 6.61 Å². The summed E-state index contributed by atoms with van der Waals surface area (Å²) in [6.07, 6.45) is 1.66. The van der Waals surface area contributed by atoms with Crippen molar-refractivity contribution in [2.24, 2.45) is 0 Å². The summed E-state index contributed by atoms with van der Waals surface area (Å²) < 4.78 is 0. The fourth-order valence-corrected chi connectivity index (χ4v) is 1.10. The molecule has 0 saturated carbocycles. The Morgan fingerprint density at radius 1 is 1.25 bits per heavy atom. The zero-order chi connectivity index (χ0) is 12.0. The molecule has 0 spiro atoms. The number of rotatable bonds is 4. The SMILES string of the molecule is O=C(O)/C=C/C(=O)Nc1ccccc1CO. The number of aliphatic carboxylic acids is 1. The Bertz CT molecular complexity index is 426. The van der Waals surface area contributed by atoms with Crippen LogP contribution in [-0.2, 0) is 16.2 Å². The average molecular weight is 221 g/mol. The van der Waals surface area contributed by atoms with Gasteiger partial charge in [-0.3, -0.25) is 4.79 Å². The minimum absolute atomic E-state index is 0.195. The molecule has 0 aliphatic carbocycles. The van der Waals surface area contributed by atoms with Crippen LogP contribution in [0.1, 0.15) is 5.56 Å². The summed E-state index contributed by atoms with van der Waals surface area (Å²) in [4.78, 5) is 21.4. The summed E-state index contributed by atoms with van der Waals surface area (Å²) in [5, 5.41) is 19.8. The molecule has 3 N–H and O–H groups in total. The van der Waals surface area contributed by atoms with E-state index in [0.29, 0.717) is 11.3 Å². The minimum Gasteiger partial charge on any atom is -0.478 e.